The number of carbonyl (C=O) groups is 2. The molecule has 5 atom stereocenters. The average Bonchev–Trinajstić information content (AvgIpc) is 2.97. The van der Waals surface area contributed by atoms with Crippen molar-refractivity contribution in [3.63, 3.8) is 0 Å². The first-order valence-electron chi connectivity index (χ1n) is 11.1. The second-order valence-electron chi connectivity index (χ2n) is 9.24. The van der Waals surface area contributed by atoms with Gasteiger partial charge in [0.1, 0.15) is 6.10 Å². The highest BCUT2D eigenvalue weighted by atomic mass is 19.3. The summed E-state index contributed by atoms with van der Waals surface area (Å²) in [6.45, 7) is 6.43. The lowest BCUT2D eigenvalue weighted by Crippen LogP contribution is -2.65. The minimum Gasteiger partial charge on any atom is -0.460 e. The summed E-state index contributed by atoms with van der Waals surface area (Å²) in [5.41, 5.74) is 2.07. The Morgan fingerprint density at radius 2 is 1.94 bits per heavy atom. The Balaban J connectivity index is 1.66. The predicted octanol–water partition coefficient (Wildman–Crippen LogP) is 4.80. The van der Waals surface area contributed by atoms with E-state index in [0.29, 0.717) is 5.69 Å². The van der Waals surface area contributed by atoms with Crippen molar-refractivity contribution in [3.05, 3.63) is 59.9 Å². The molecule has 0 spiro atoms. The molecule has 2 aliphatic rings. The Hall–Kier alpha value is -3.09. The van der Waals surface area contributed by atoms with Crippen molar-refractivity contribution in [2.45, 2.75) is 51.7 Å². The van der Waals surface area contributed by atoms with Crippen LogP contribution >= 0.6 is 0 Å². The average molecular weight is 455 g/mol. The van der Waals surface area contributed by atoms with E-state index in [1.807, 2.05) is 43.3 Å². The molecule has 1 saturated heterocycles. The molecule has 1 aromatic heterocycles. The fourth-order valence-electron chi connectivity index (χ4n) is 5.39. The van der Waals surface area contributed by atoms with Gasteiger partial charge >= 0.3 is 5.97 Å². The zero-order valence-corrected chi connectivity index (χ0v) is 19.1. The van der Waals surface area contributed by atoms with E-state index in [0.717, 1.165) is 16.7 Å². The van der Waals surface area contributed by atoms with Crippen molar-refractivity contribution in [2.24, 2.45) is 17.8 Å². The standard InChI is InChI=1S/C26H28F2N2O3/c1-15-7-5-6-8-21(15)19-9-10-20(29-13-19)11-12-22-16(2)26(27,28)14-25(30-18(4)31)23(22)17(3)33-24(25)32/h5-13,16-17,22-23H,14H2,1-4H3,(H,30,31)/b12-11+/t16-,17+,22-,23-,25-/m0/s1. The predicted molar refractivity (Wildman–Crippen MR) is 121 cm³/mol. The summed E-state index contributed by atoms with van der Waals surface area (Å²) >= 11 is 0. The molecule has 1 saturated carbocycles. The number of ether oxygens (including phenoxy) is 1. The molecule has 0 radical (unpaired) electrons. The Morgan fingerprint density at radius 1 is 1.21 bits per heavy atom. The number of benzene rings is 1. The van der Waals surface area contributed by atoms with Crippen LogP contribution in [0.3, 0.4) is 0 Å². The zero-order valence-electron chi connectivity index (χ0n) is 19.1. The summed E-state index contributed by atoms with van der Waals surface area (Å²) in [6, 6.07) is 11.8. The number of hydrogen-bond donors (Lipinski definition) is 1. The first kappa shape index (κ1) is 23.1. The lowest BCUT2D eigenvalue weighted by atomic mass is 9.60. The number of allylic oxidation sites excluding steroid dienone is 1. The van der Waals surface area contributed by atoms with Crippen molar-refractivity contribution in [2.75, 3.05) is 0 Å². The molecule has 2 aromatic rings. The van der Waals surface area contributed by atoms with Crippen LogP contribution in [0, 0.1) is 24.7 Å². The molecule has 2 heterocycles. The van der Waals surface area contributed by atoms with Crippen molar-refractivity contribution < 1.29 is 23.1 Å². The SMILES string of the molecule is CC(=O)N[C@@]12CC(F)(F)[C@@H](C)[C@H](/C=C/c3ccc(-c4ccccc4C)cn3)[C@@H]1[C@@H](C)OC2=O. The number of cyclic esters (lactones) is 1. The van der Waals surface area contributed by atoms with E-state index in [2.05, 4.69) is 10.3 Å². The van der Waals surface area contributed by atoms with E-state index >= 15 is 8.78 Å². The molecule has 2 fully saturated rings. The molecule has 1 aromatic carbocycles. The summed E-state index contributed by atoms with van der Waals surface area (Å²) in [4.78, 5) is 29.0. The molecule has 1 aliphatic carbocycles. The molecular weight excluding hydrogens is 426 g/mol. The number of hydrogen-bond acceptors (Lipinski definition) is 4. The van der Waals surface area contributed by atoms with Gasteiger partial charge in [-0.25, -0.2) is 13.6 Å². The maximum absolute atomic E-state index is 15.1. The van der Waals surface area contributed by atoms with Gasteiger partial charge in [0.15, 0.2) is 5.54 Å². The number of rotatable bonds is 4. The first-order chi connectivity index (χ1) is 15.5. The van der Waals surface area contributed by atoms with E-state index in [1.54, 1.807) is 25.3 Å². The van der Waals surface area contributed by atoms with E-state index in [4.69, 9.17) is 4.74 Å². The maximum Gasteiger partial charge on any atom is 0.332 e. The van der Waals surface area contributed by atoms with Crippen LogP contribution in [0.5, 0.6) is 0 Å². The number of aryl methyl sites for hydroxylation is 1. The summed E-state index contributed by atoms with van der Waals surface area (Å²) < 4.78 is 35.5. The van der Waals surface area contributed by atoms with Gasteiger partial charge in [0.05, 0.1) is 5.69 Å². The van der Waals surface area contributed by atoms with Gasteiger partial charge in [0, 0.05) is 36.9 Å². The third-order valence-corrected chi connectivity index (χ3v) is 7.04. The molecule has 0 unspecified atom stereocenters. The molecule has 174 valence electrons. The second-order valence-corrected chi connectivity index (χ2v) is 9.24. The minimum atomic E-state index is -3.15. The number of carbonyl (C=O) groups excluding carboxylic acids is 2. The number of aromatic nitrogens is 1. The Kier molecular flexibility index (Phi) is 5.85. The van der Waals surface area contributed by atoms with E-state index < -0.39 is 53.6 Å². The molecule has 1 aliphatic heterocycles. The largest absolute Gasteiger partial charge is 0.460 e. The van der Waals surface area contributed by atoms with Crippen LogP contribution in [0.25, 0.3) is 17.2 Å². The molecule has 0 bridgehead atoms. The number of pyridine rings is 1. The topological polar surface area (TPSA) is 68.3 Å². The van der Waals surface area contributed by atoms with Crippen molar-refractivity contribution in [3.8, 4) is 11.1 Å². The molecule has 5 nitrogen and oxygen atoms in total. The van der Waals surface area contributed by atoms with E-state index in [1.165, 1.54) is 13.8 Å². The van der Waals surface area contributed by atoms with Crippen molar-refractivity contribution in [1.82, 2.24) is 10.3 Å². The smallest absolute Gasteiger partial charge is 0.332 e. The highest BCUT2D eigenvalue weighted by Crippen LogP contribution is 2.55. The van der Waals surface area contributed by atoms with Crippen LogP contribution in [0.1, 0.15) is 38.4 Å². The van der Waals surface area contributed by atoms with Gasteiger partial charge in [-0.1, -0.05) is 43.3 Å². The number of amides is 1. The molecule has 33 heavy (non-hydrogen) atoms. The van der Waals surface area contributed by atoms with Crippen molar-refractivity contribution >= 4 is 18.0 Å². The number of alkyl halides is 2. The van der Waals surface area contributed by atoms with Gasteiger partial charge < -0.3 is 10.1 Å². The van der Waals surface area contributed by atoms with Crippen molar-refractivity contribution in [1.29, 1.82) is 0 Å². The van der Waals surface area contributed by atoms with Gasteiger partial charge in [-0.3, -0.25) is 9.78 Å². The Labute approximate surface area is 192 Å². The van der Waals surface area contributed by atoms with Crippen LogP contribution in [-0.4, -0.2) is 34.4 Å². The summed E-state index contributed by atoms with van der Waals surface area (Å²) in [5.74, 6) is -6.82. The molecular formula is C26H28F2N2O3. The van der Waals surface area contributed by atoms with E-state index in [-0.39, 0.29) is 0 Å². The normalized spacial score (nSPS) is 30.7. The fraction of sp³-hybridized carbons (Fsp3) is 0.423. The quantitative estimate of drug-likeness (QED) is 0.674. The van der Waals surface area contributed by atoms with Gasteiger partial charge in [-0.05, 0) is 43.0 Å². The third kappa shape index (κ3) is 4.05. The van der Waals surface area contributed by atoms with Gasteiger partial charge in [0.2, 0.25) is 5.91 Å². The lowest BCUT2D eigenvalue weighted by Gasteiger charge is -2.47. The van der Waals surface area contributed by atoms with Crippen LogP contribution in [0.2, 0.25) is 0 Å². The van der Waals surface area contributed by atoms with Crippen LogP contribution < -0.4 is 5.32 Å². The monoisotopic (exact) mass is 454 g/mol. The molecule has 4 rings (SSSR count). The lowest BCUT2D eigenvalue weighted by molar-refractivity contribution is -0.162. The number of nitrogens with one attached hydrogen (secondary N) is 1. The zero-order chi connectivity index (χ0) is 24.0. The highest BCUT2D eigenvalue weighted by molar-refractivity contribution is 5.90. The minimum absolute atomic E-state index is 0.535. The summed E-state index contributed by atoms with van der Waals surface area (Å²) in [6.07, 6.45) is 3.79. The van der Waals surface area contributed by atoms with Gasteiger partial charge in [-0.2, -0.15) is 0 Å². The maximum atomic E-state index is 15.1. The molecule has 7 heteroatoms. The highest BCUT2D eigenvalue weighted by Gasteiger charge is 2.68. The number of halogens is 2. The van der Waals surface area contributed by atoms with Gasteiger partial charge in [-0.15, -0.1) is 0 Å². The number of esters is 1. The Bertz CT molecular complexity index is 1100. The summed E-state index contributed by atoms with van der Waals surface area (Å²) in [7, 11) is 0. The second kappa shape index (κ2) is 8.36. The fourth-order valence-corrected chi connectivity index (χ4v) is 5.39. The Morgan fingerprint density at radius 3 is 2.58 bits per heavy atom. The molecule has 1 N–H and O–H groups in total. The number of fused-ring (bicyclic) bond motifs is 1. The first-order valence-corrected chi connectivity index (χ1v) is 11.1. The third-order valence-electron chi connectivity index (χ3n) is 7.04. The van der Waals surface area contributed by atoms with E-state index in [9.17, 15) is 9.59 Å². The van der Waals surface area contributed by atoms with Crippen LogP contribution in [-0.2, 0) is 14.3 Å². The van der Waals surface area contributed by atoms with Crippen LogP contribution in [0.15, 0.2) is 48.7 Å². The number of nitrogens with zero attached hydrogens (tertiary/aromatic N) is 1. The molecule has 1 amide bonds. The van der Waals surface area contributed by atoms with Crippen LogP contribution in [0.4, 0.5) is 8.78 Å². The summed E-state index contributed by atoms with van der Waals surface area (Å²) in [5, 5.41) is 2.53. The van der Waals surface area contributed by atoms with Gasteiger partial charge in [0.25, 0.3) is 5.92 Å².